The van der Waals surface area contributed by atoms with Crippen LogP contribution in [0.2, 0.25) is 0 Å². The SMILES string of the molecule is COc1ccc(C(=O)c2cn(CC3CCCCC3)c3ccccc23)c2ccccc12. The predicted octanol–water partition coefficient (Wildman–Crippen LogP) is 6.61. The van der Waals surface area contributed by atoms with E-state index in [-0.39, 0.29) is 5.78 Å². The molecule has 0 radical (unpaired) electrons. The van der Waals surface area contributed by atoms with Gasteiger partial charge in [0.25, 0.3) is 0 Å². The summed E-state index contributed by atoms with van der Waals surface area (Å²) in [6.45, 7) is 0.997. The Bertz CT molecular complexity index is 1210. The number of hydrogen-bond donors (Lipinski definition) is 0. The van der Waals surface area contributed by atoms with Crippen LogP contribution in [0.25, 0.3) is 21.7 Å². The smallest absolute Gasteiger partial charge is 0.195 e. The van der Waals surface area contributed by atoms with E-state index in [0.29, 0.717) is 5.92 Å². The second kappa shape index (κ2) is 7.98. The molecule has 3 nitrogen and oxygen atoms in total. The summed E-state index contributed by atoms with van der Waals surface area (Å²) in [7, 11) is 1.67. The molecule has 0 saturated heterocycles. The average Bonchev–Trinajstić information content (AvgIpc) is 3.17. The molecule has 1 aliphatic carbocycles. The zero-order valence-electron chi connectivity index (χ0n) is 17.4. The number of ether oxygens (including phenoxy) is 1. The number of para-hydroxylation sites is 1. The zero-order chi connectivity index (χ0) is 20.5. The number of aromatic nitrogens is 1. The van der Waals surface area contributed by atoms with Crippen molar-refractivity contribution in [3.63, 3.8) is 0 Å². The zero-order valence-corrected chi connectivity index (χ0v) is 17.4. The van der Waals surface area contributed by atoms with Crippen molar-refractivity contribution in [3.05, 3.63) is 78.0 Å². The summed E-state index contributed by atoms with van der Waals surface area (Å²) in [5.41, 5.74) is 2.67. The second-order valence-corrected chi connectivity index (χ2v) is 8.41. The first-order valence-corrected chi connectivity index (χ1v) is 10.9. The third-order valence-corrected chi connectivity index (χ3v) is 6.56. The molecule has 0 atom stereocenters. The summed E-state index contributed by atoms with van der Waals surface area (Å²) in [6.07, 6.45) is 8.68. The summed E-state index contributed by atoms with van der Waals surface area (Å²) >= 11 is 0. The molecule has 0 bridgehead atoms. The lowest BCUT2D eigenvalue weighted by atomic mass is 9.89. The van der Waals surface area contributed by atoms with Gasteiger partial charge in [-0.3, -0.25) is 4.79 Å². The number of methoxy groups -OCH3 is 1. The van der Waals surface area contributed by atoms with Gasteiger partial charge in [0.2, 0.25) is 0 Å². The van der Waals surface area contributed by atoms with E-state index < -0.39 is 0 Å². The summed E-state index contributed by atoms with van der Waals surface area (Å²) in [5.74, 6) is 1.58. The van der Waals surface area contributed by atoms with E-state index >= 15 is 0 Å². The van der Waals surface area contributed by atoms with E-state index in [9.17, 15) is 4.79 Å². The van der Waals surface area contributed by atoms with E-state index in [0.717, 1.165) is 45.1 Å². The maximum absolute atomic E-state index is 13.7. The lowest BCUT2D eigenvalue weighted by molar-refractivity contribution is 0.104. The third-order valence-electron chi connectivity index (χ3n) is 6.56. The fraction of sp³-hybridized carbons (Fsp3) is 0.296. The van der Waals surface area contributed by atoms with Gasteiger partial charge in [0.1, 0.15) is 5.75 Å². The standard InChI is InChI=1S/C27H27NO2/c1-30-26-16-15-23(20-11-5-6-13-22(20)26)27(29)24-18-28(17-19-9-3-2-4-10-19)25-14-8-7-12-21(24)25/h5-8,11-16,18-19H,2-4,9-10,17H2,1H3. The molecule has 1 aliphatic rings. The quantitative estimate of drug-likeness (QED) is 0.355. The summed E-state index contributed by atoms with van der Waals surface area (Å²) in [5, 5.41) is 2.95. The maximum Gasteiger partial charge on any atom is 0.195 e. The van der Waals surface area contributed by atoms with Crippen LogP contribution in [0, 0.1) is 5.92 Å². The number of nitrogens with zero attached hydrogens (tertiary/aromatic N) is 1. The molecule has 3 aromatic carbocycles. The fourth-order valence-corrected chi connectivity index (χ4v) is 5.02. The first kappa shape index (κ1) is 18.9. The fourth-order valence-electron chi connectivity index (χ4n) is 5.02. The minimum atomic E-state index is 0.0763. The number of rotatable bonds is 5. The highest BCUT2D eigenvalue weighted by Gasteiger charge is 2.21. The van der Waals surface area contributed by atoms with Gasteiger partial charge in [-0.25, -0.2) is 0 Å². The molecule has 152 valence electrons. The van der Waals surface area contributed by atoms with E-state index in [4.69, 9.17) is 4.74 Å². The Morgan fingerprint density at radius 1 is 0.867 bits per heavy atom. The van der Waals surface area contributed by atoms with E-state index in [1.165, 1.54) is 32.1 Å². The van der Waals surface area contributed by atoms with Gasteiger partial charge in [0, 0.05) is 40.2 Å². The van der Waals surface area contributed by atoms with Crippen molar-refractivity contribution in [1.82, 2.24) is 4.57 Å². The third kappa shape index (κ3) is 3.28. The van der Waals surface area contributed by atoms with Crippen molar-refractivity contribution in [1.29, 1.82) is 0 Å². The van der Waals surface area contributed by atoms with Crippen LogP contribution in [0.4, 0.5) is 0 Å². The molecule has 0 spiro atoms. The Morgan fingerprint density at radius 2 is 1.57 bits per heavy atom. The van der Waals surface area contributed by atoms with Gasteiger partial charge in [-0.15, -0.1) is 0 Å². The van der Waals surface area contributed by atoms with Crippen molar-refractivity contribution in [3.8, 4) is 5.75 Å². The van der Waals surface area contributed by atoms with Gasteiger partial charge in [-0.2, -0.15) is 0 Å². The molecule has 0 amide bonds. The van der Waals surface area contributed by atoms with Crippen LogP contribution in [0.3, 0.4) is 0 Å². The Balaban J connectivity index is 1.60. The largest absolute Gasteiger partial charge is 0.496 e. The van der Waals surface area contributed by atoms with Crippen molar-refractivity contribution in [2.75, 3.05) is 7.11 Å². The van der Waals surface area contributed by atoms with Crippen LogP contribution in [-0.2, 0) is 6.54 Å². The van der Waals surface area contributed by atoms with E-state index in [1.807, 2.05) is 42.5 Å². The van der Waals surface area contributed by atoms with E-state index in [1.54, 1.807) is 7.11 Å². The topological polar surface area (TPSA) is 31.2 Å². The maximum atomic E-state index is 13.7. The van der Waals surface area contributed by atoms with Crippen molar-refractivity contribution in [2.24, 2.45) is 5.92 Å². The second-order valence-electron chi connectivity index (χ2n) is 8.41. The first-order valence-electron chi connectivity index (χ1n) is 10.9. The predicted molar refractivity (Wildman–Crippen MR) is 122 cm³/mol. The van der Waals surface area contributed by atoms with Gasteiger partial charge < -0.3 is 9.30 Å². The molecule has 3 heteroatoms. The number of fused-ring (bicyclic) bond motifs is 2. The number of carbonyl (C=O) groups excluding carboxylic acids is 1. The Kier molecular flexibility index (Phi) is 5.04. The highest BCUT2D eigenvalue weighted by atomic mass is 16.5. The monoisotopic (exact) mass is 397 g/mol. The minimum Gasteiger partial charge on any atom is -0.496 e. The van der Waals surface area contributed by atoms with Gasteiger partial charge in [-0.05, 0) is 42.3 Å². The summed E-state index contributed by atoms with van der Waals surface area (Å²) < 4.78 is 7.82. The van der Waals surface area contributed by atoms with Crippen LogP contribution in [0.1, 0.15) is 48.0 Å². The number of ketones is 1. The molecule has 4 aromatic rings. The van der Waals surface area contributed by atoms with E-state index in [2.05, 4.69) is 29.0 Å². The Hall–Kier alpha value is -3.07. The van der Waals surface area contributed by atoms with Crippen molar-refractivity contribution >= 4 is 27.5 Å². The van der Waals surface area contributed by atoms with Crippen LogP contribution in [0.5, 0.6) is 5.75 Å². The molecule has 5 rings (SSSR count). The van der Waals surface area contributed by atoms with Gasteiger partial charge in [0.15, 0.2) is 5.78 Å². The normalized spacial score (nSPS) is 15.0. The Labute approximate surface area is 177 Å². The highest BCUT2D eigenvalue weighted by Crippen LogP contribution is 2.33. The molecule has 0 unspecified atom stereocenters. The molecule has 0 aliphatic heterocycles. The molecule has 1 heterocycles. The summed E-state index contributed by atoms with van der Waals surface area (Å²) in [4.78, 5) is 13.7. The number of hydrogen-bond acceptors (Lipinski definition) is 2. The van der Waals surface area contributed by atoms with Gasteiger partial charge >= 0.3 is 0 Å². The molecular formula is C27H27NO2. The molecular weight excluding hydrogens is 370 g/mol. The molecule has 1 fully saturated rings. The molecule has 1 aromatic heterocycles. The van der Waals surface area contributed by atoms with Crippen LogP contribution in [0.15, 0.2) is 66.9 Å². The van der Waals surface area contributed by atoms with Crippen LogP contribution >= 0.6 is 0 Å². The molecule has 30 heavy (non-hydrogen) atoms. The molecule has 0 N–H and O–H groups in total. The van der Waals surface area contributed by atoms with Crippen LogP contribution < -0.4 is 4.74 Å². The lowest BCUT2D eigenvalue weighted by Gasteiger charge is -2.22. The highest BCUT2D eigenvalue weighted by molar-refractivity contribution is 6.21. The number of benzene rings is 3. The van der Waals surface area contributed by atoms with Crippen molar-refractivity contribution < 1.29 is 9.53 Å². The van der Waals surface area contributed by atoms with Crippen molar-refractivity contribution in [2.45, 2.75) is 38.6 Å². The average molecular weight is 398 g/mol. The minimum absolute atomic E-state index is 0.0763. The number of carbonyl (C=O) groups is 1. The Morgan fingerprint density at radius 3 is 2.33 bits per heavy atom. The van der Waals surface area contributed by atoms with Crippen LogP contribution in [-0.4, -0.2) is 17.5 Å². The van der Waals surface area contributed by atoms with Gasteiger partial charge in [-0.1, -0.05) is 61.7 Å². The first-order chi connectivity index (χ1) is 14.8. The lowest BCUT2D eigenvalue weighted by Crippen LogP contribution is -2.13. The summed E-state index contributed by atoms with van der Waals surface area (Å²) in [6, 6.07) is 20.1. The van der Waals surface area contributed by atoms with Gasteiger partial charge in [0.05, 0.1) is 7.11 Å². The molecule has 1 saturated carbocycles.